The van der Waals surface area contributed by atoms with Crippen molar-refractivity contribution < 1.29 is 18.6 Å². The molecule has 33 heavy (non-hydrogen) atoms. The van der Waals surface area contributed by atoms with Crippen molar-refractivity contribution in [3.8, 4) is 17.3 Å². The Labute approximate surface area is 187 Å². The van der Waals surface area contributed by atoms with Crippen LogP contribution in [0.3, 0.4) is 0 Å². The number of methoxy groups -OCH3 is 1. The van der Waals surface area contributed by atoms with E-state index in [0.29, 0.717) is 34.1 Å². The molecule has 0 bridgehead atoms. The zero-order chi connectivity index (χ0) is 23.1. The molecule has 170 valence electrons. The van der Waals surface area contributed by atoms with Gasteiger partial charge in [0.25, 0.3) is 0 Å². The number of nitrogens with zero attached hydrogens (tertiary/aromatic N) is 7. The summed E-state index contributed by atoms with van der Waals surface area (Å²) in [4.78, 5) is 18.5. The molecular formula is C22H21F2N7O2. The Bertz CT molecular complexity index is 1310. The van der Waals surface area contributed by atoms with Crippen LogP contribution in [0.15, 0.2) is 43.0 Å². The van der Waals surface area contributed by atoms with E-state index in [2.05, 4.69) is 19.9 Å². The molecule has 5 rings (SSSR count). The van der Waals surface area contributed by atoms with Gasteiger partial charge >= 0.3 is 0 Å². The fourth-order valence-corrected chi connectivity index (χ4v) is 4.12. The van der Waals surface area contributed by atoms with E-state index in [0.717, 1.165) is 6.20 Å². The summed E-state index contributed by atoms with van der Waals surface area (Å²) in [6, 6.07) is 6.00. The Morgan fingerprint density at radius 2 is 2.00 bits per heavy atom. The minimum atomic E-state index is -1.13. The monoisotopic (exact) mass is 453 g/mol. The van der Waals surface area contributed by atoms with Crippen LogP contribution in [0.4, 0.5) is 14.6 Å². The summed E-state index contributed by atoms with van der Waals surface area (Å²) >= 11 is 0. The lowest BCUT2D eigenvalue weighted by Gasteiger charge is -2.26. The lowest BCUT2D eigenvalue weighted by Crippen LogP contribution is -2.26. The molecule has 1 N–H and O–H groups in total. The maximum absolute atomic E-state index is 14.6. The number of ether oxygens (including phenoxy) is 1. The Hall–Kier alpha value is -3.73. The van der Waals surface area contributed by atoms with Crippen molar-refractivity contribution in [3.05, 3.63) is 60.1 Å². The van der Waals surface area contributed by atoms with Crippen molar-refractivity contribution >= 4 is 11.5 Å². The van der Waals surface area contributed by atoms with E-state index < -0.39 is 24.1 Å². The number of hydrogen-bond donors (Lipinski definition) is 1. The number of fused-ring (bicyclic) bond motifs is 1. The van der Waals surface area contributed by atoms with Crippen LogP contribution >= 0.6 is 0 Å². The third kappa shape index (κ3) is 3.84. The number of halogens is 2. The number of alkyl halides is 1. The van der Waals surface area contributed by atoms with Crippen LogP contribution in [0.2, 0.25) is 0 Å². The van der Waals surface area contributed by atoms with Crippen LogP contribution < -0.4 is 9.64 Å². The normalized spacial score (nSPS) is 19.2. The summed E-state index contributed by atoms with van der Waals surface area (Å²) in [7, 11) is 1.45. The molecule has 1 aliphatic heterocycles. The molecule has 4 aromatic heterocycles. The highest BCUT2D eigenvalue weighted by Crippen LogP contribution is 2.40. The molecule has 0 aromatic carbocycles. The first-order valence-electron chi connectivity index (χ1n) is 10.4. The highest BCUT2D eigenvalue weighted by atomic mass is 19.1. The van der Waals surface area contributed by atoms with E-state index in [1.165, 1.54) is 19.5 Å². The van der Waals surface area contributed by atoms with Gasteiger partial charge in [-0.05, 0) is 31.2 Å². The van der Waals surface area contributed by atoms with Gasteiger partial charge in [-0.2, -0.15) is 0 Å². The molecule has 1 unspecified atom stereocenters. The highest BCUT2D eigenvalue weighted by Gasteiger charge is 2.36. The third-order valence-corrected chi connectivity index (χ3v) is 5.67. The molecule has 5 heterocycles. The van der Waals surface area contributed by atoms with Crippen molar-refractivity contribution in [1.29, 1.82) is 0 Å². The number of aliphatic hydroxyl groups excluding tert-OH is 1. The van der Waals surface area contributed by atoms with Gasteiger partial charge in [0.15, 0.2) is 5.65 Å². The minimum Gasteiger partial charge on any atom is -0.481 e. The smallest absolute Gasteiger partial charge is 0.218 e. The molecule has 0 aliphatic carbocycles. The summed E-state index contributed by atoms with van der Waals surface area (Å²) in [6.07, 6.45) is 2.34. The van der Waals surface area contributed by atoms with E-state index >= 15 is 0 Å². The Morgan fingerprint density at radius 3 is 2.79 bits per heavy atom. The number of hydrogen-bond acceptors (Lipinski definition) is 8. The second-order valence-electron chi connectivity index (χ2n) is 7.86. The number of aromatic nitrogens is 6. The molecule has 0 radical (unpaired) electrons. The molecule has 0 amide bonds. The van der Waals surface area contributed by atoms with Crippen molar-refractivity contribution in [2.45, 2.75) is 31.7 Å². The zero-order valence-electron chi connectivity index (χ0n) is 17.9. The van der Waals surface area contributed by atoms with Crippen molar-refractivity contribution in [2.75, 3.05) is 18.6 Å². The summed E-state index contributed by atoms with van der Waals surface area (Å²) in [5.41, 5.74) is 2.63. The van der Waals surface area contributed by atoms with Gasteiger partial charge in [0.2, 0.25) is 5.88 Å². The first-order chi connectivity index (χ1) is 15.9. The van der Waals surface area contributed by atoms with E-state index in [1.807, 2.05) is 0 Å². The quantitative estimate of drug-likeness (QED) is 0.492. The second-order valence-corrected chi connectivity index (χ2v) is 7.86. The lowest BCUT2D eigenvalue weighted by molar-refractivity contribution is 0.194. The average Bonchev–Trinajstić information content (AvgIpc) is 3.42. The predicted octanol–water partition coefficient (Wildman–Crippen LogP) is 3.07. The fraction of sp³-hybridized carbons (Fsp3) is 0.318. The van der Waals surface area contributed by atoms with Gasteiger partial charge in [-0.15, -0.1) is 5.10 Å². The van der Waals surface area contributed by atoms with E-state index in [4.69, 9.17) is 9.84 Å². The molecule has 0 spiro atoms. The van der Waals surface area contributed by atoms with Gasteiger partial charge in [-0.25, -0.2) is 33.2 Å². The number of imidazole rings is 1. The van der Waals surface area contributed by atoms with Crippen molar-refractivity contribution in [2.24, 2.45) is 0 Å². The van der Waals surface area contributed by atoms with Gasteiger partial charge in [0, 0.05) is 12.0 Å². The lowest BCUT2D eigenvalue weighted by atomic mass is 10.1. The largest absolute Gasteiger partial charge is 0.481 e. The van der Waals surface area contributed by atoms with Gasteiger partial charge in [0.1, 0.15) is 29.8 Å². The van der Waals surface area contributed by atoms with Crippen LogP contribution in [0.1, 0.15) is 36.7 Å². The third-order valence-electron chi connectivity index (χ3n) is 5.67. The van der Waals surface area contributed by atoms with Crippen molar-refractivity contribution in [3.63, 3.8) is 0 Å². The number of rotatable bonds is 5. The van der Waals surface area contributed by atoms with Crippen LogP contribution in [0, 0.1) is 5.82 Å². The Kier molecular flexibility index (Phi) is 5.33. The molecule has 0 saturated carbocycles. The molecule has 1 saturated heterocycles. The standard InChI is InChI=1S/C22H21F2N7O2/c1-12(32)16-7-17(28-11-27-16)19-9-25-20-3-4-21(29-31(19)20)30-10-14(24)6-18(30)15-5-13(23)8-26-22(15)33-2/h3-5,7-9,11-12,14,18,32H,6,10H2,1-2H3/t12?,14-,18+/m0/s1. The maximum Gasteiger partial charge on any atom is 0.218 e. The summed E-state index contributed by atoms with van der Waals surface area (Å²) in [6.45, 7) is 1.71. The van der Waals surface area contributed by atoms with E-state index in [9.17, 15) is 13.9 Å². The molecule has 3 atom stereocenters. The van der Waals surface area contributed by atoms with Crippen LogP contribution in [-0.4, -0.2) is 54.5 Å². The number of anilines is 1. The topological polar surface area (TPSA) is 102 Å². The van der Waals surface area contributed by atoms with E-state index in [1.54, 1.807) is 40.7 Å². The summed E-state index contributed by atoms with van der Waals surface area (Å²) < 4.78 is 35.4. The maximum atomic E-state index is 14.6. The van der Waals surface area contributed by atoms with Gasteiger partial charge in [-0.1, -0.05) is 0 Å². The summed E-state index contributed by atoms with van der Waals surface area (Å²) in [5.74, 6) is 0.214. The molecular weight excluding hydrogens is 432 g/mol. The SMILES string of the molecule is COc1ncc(F)cc1[C@H]1C[C@H](F)CN1c1ccc2ncc(-c3cc(C(C)O)ncn3)n2n1. The molecule has 9 nitrogen and oxygen atoms in total. The second kappa shape index (κ2) is 8.32. The van der Waals surface area contributed by atoms with Gasteiger partial charge < -0.3 is 14.7 Å². The van der Waals surface area contributed by atoms with Gasteiger partial charge in [0.05, 0.1) is 49.6 Å². The zero-order valence-corrected chi connectivity index (χ0v) is 17.9. The van der Waals surface area contributed by atoms with Crippen molar-refractivity contribution in [1.82, 2.24) is 29.5 Å². The Morgan fingerprint density at radius 1 is 1.15 bits per heavy atom. The fourth-order valence-electron chi connectivity index (χ4n) is 4.12. The van der Waals surface area contributed by atoms with E-state index in [-0.39, 0.29) is 18.8 Å². The van der Waals surface area contributed by atoms with Crippen LogP contribution in [-0.2, 0) is 0 Å². The molecule has 1 fully saturated rings. The predicted molar refractivity (Wildman–Crippen MR) is 115 cm³/mol. The Balaban J connectivity index is 1.58. The number of aliphatic hydroxyl groups is 1. The average molecular weight is 453 g/mol. The van der Waals surface area contributed by atoms with Crippen LogP contribution in [0.25, 0.3) is 17.0 Å². The minimum absolute atomic E-state index is 0.0898. The first kappa shape index (κ1) is 21.1. The number of pyridine rings is 1. The summed E-state index contributed by atoms with van der Waals surface area (Å²) in [5, 5.41) is 14.6. The molecule has 1 aliphatic rings. The first-order valence-corrected chi connectivity index (χ1v) is 10.4. The molecule has 11 heteroatoms. The van der Waals surface area contributed by atoms with Gasteiger partial charge in [-0.3, -0.25) is 0 Å². The highest BCUT2D eigenvalue weighted by molar-refractivity contribution is 5.61. The van der Waals surface area contributed by atoms with Crippen LogP contribution in [0.5, 0.6) is 5.88 Å². The molecule has 4 aromatic rings.